The van der Waals surface area contributed by atoms with Gasteiger partial charge in [-0.1, -0.05) is 74.5 Å². The fraction of sp³-hybridized carbons (Fsp3) is 0.257. The number of ether oxygens (including phenoxy) is 1. The Balaban J connectivity index is 1.67. The summed E-state index contributed by atoms with van der Waals surface area (Å²) in [6.07, 6.45) is 1.22. The van der Waals surface area contributed by atoms with Gasteiger partial charge in [-0.05, 0) is 65.6 Å². The molecule has 0 aromatic heterocycles. The standard InChI is InChI=1S/C35H38FN3O5S/c1-26(2)23-37-35(41)33(22-27-10-6-4-7-11-27)38(24-28-14-16-29(36)17-15-28)34(40)25-39(45(3,42)43)30-18-20-32(21-19-30)44-31-12-8-5-9-13-31/h4-21,26,33H,22-25H2,1-3H3,(H,37,41)/t33-/m0/s1. The molecule has 0 bridgehead atoms. The van der Waals surface area contributed by atoms with Crippen LogP contribution in [-0.4, -0.2) is 50.5 Å². The average Bonchev–Trinajstić information content (AvgIpc) is 3.02. The van der Waals surface area contributed by atoms with Crippen molar-refractivity contribution in [3.8, 4) is 11.5 Å². The third-order valence-electron chi connectivity index (χ3n) is 7.00. The van der Waals surface area contributed by atoms with E-state index in [-0.39, 0.29) is 30.5 Å². The molecule has 0 aliphatic rings. The van der Waals surface area contributed by atoms with Crippen molar-refractivity contribution in [2.45, 2.75) is 32.9 Å². The Morgan fingerprint density at radius 3 is 1.96 bits per heavy atom. The number of nitrogens with one attached hydrogen (secondary N) is 1. The molecule has 236 valence electrons. The lowest BCUT2D eigenvalue weighted by Crippen LogP contribution is -2.53. The SMILES string of the molecule is CC(C)CNC(=O)[C@H](Cc1ccccc1)N(Cc1ccc(F)cc1)C(=O)CN(c1ccc(Oc2ccccc2)cc1)S(C)(=O)=O. The van der Waals surface area contributed by atoms with Gasteiger partial charge in [0.1, 0.15) is 29.9 Å². The van der Waals surface area contributed by atoms with E-state index >= 15 is 0 Å². The van der Waals surface area contributed by atoms with Crippen LogP contribution in [0.1, 0.15) is 25.0 Å². The lowest BCUT2D eigenvalue weighted by Gasteiger charge is -2.33. The van der Waals surface area contributed by atoms with E-state index in [1.165, 1.54) is 17.0 Å². The number of amides is 2. The summed E-state index contributed by atoms with van der Waals surface area (Å²) in [6, 6.07) is 29.5. The summed E-state index contributed by atoms with van der Waals surface area (Å²) in [5.74, 6) is -0.104. The van der Waals surface area contributed by atoms with Crippen molar-refractivity contribution in [2.75, 3.05) is 23.7 Å². The van der Waals surface area contributed by atoms with Crippen LogP contribution in [0.5, 0.6) is 11.5 Å². The molecule has 2 amide bonds. The molecule has 0 saturated heterocycles. The molecule has 0 aliphatic carbocycles. The zero-order valence-corrected chi connectivity index (χ0v) is 26.4. The van der Waals surface area contributed by atoms with Crippen molar-refractivity contribution in [3.63, 3.8) is 0 Å². The molecule has 45 heavy (non-hydrogen) atoms. The number of nitrogens with zero attached hydrogens (tertiary/aromatic N) is 2. The van der Waals surface area contributed by atoms with Crippen LogP contribution in [0, 0.1) is 11.7 Å². The summed E-state index contributed by atoms with van der Waals surface area (Å²) in [7, 11) is -3.93. The van der Waals surface area contributed by atoms with Gasteiger partial charge < -0.3 is 15.0 Å². The van der Waals surface area contributed by atoms with Crippen molar-refractivity contribution in [1.29, 1.82) is 0 Å². The minimum Gasteiger partial charge on any atom is -0.457 e. The second kappa shape index (κ2) is 15.3. The van der Waals surface area contributed by atoms with E-state index in [9.17, 15) is 22.4 Å². The van der Waals surface area contributed by atoms with Crippen molar-refractivity contribution < 1.29 is 27.1 Å². The number of carbonyl (C=O) groups excluding carboxylic acids is 2. The van der Waals surface area contributed by atoms with Crippen LogP contribution < -0.4 is 14.4 Å². The molecule has 0 heterocycles. The Hall–Kier alpha value is -4.70. The number of anilines is 1. The molecule has 1 N–H and O–H groups in total. The van der Waals surface area contributed by atoms with E-state index in [0.29, 0.717) is 23.6 Å². The van der Waals surface area contributed by atoms with Gasteiger partial charge in [0.25, 0.3) is 0 Å². The summed E-state index contributed by atoms with van der Waals surface area (Å²) in [5, 5.41) is 2.94. The lowest BCUT2D eigenvalue weighted by molar-refractivity contribution is -0.140. The quantitative estimate of drug-likeness (QED) is 0.190. The number of hydrogen-bond donors (Lipinski definition) is 1. The molecule has 4 rings (SSSR count). The first-order valence-electron chi connectivity index (χ1n) is 14.7. The van der Waals surface area contributed by atoms with Crippen molar-refractivity contribution >= 4 is 27.5 Å². The van der Waals surface area contributed by atoms with Gasteiger partial charge in [-0.15, -0.1) is 0 Å². The fourth-order valence-corrected chi connectivity index (χ4v) is 5.53. The highest BCUT2D eigenvalue weighted by molar-refractivity contribution is 7.92. The number of benzene rings is 4. The van der Waals surface area contributed by atoms with E-state index in [1.807, 2.05) is 62.4 Å². The van der Waals surface area contributed by atoms with Gasteiger partial charge in [0.05, 0.1) is 11.9 Å². The number of rotatable bonds is 14. The smallest absolute Gasteiger partial charge is 0.244 e. The summed E-state index contributed by atoms with van der Waals surface area (Å²) in [4.78, 5) is 29.2. The second-order valence-electron chi connectivity index (χ2n) is 11.2. The van der Waals surface area contributed by atoms with E-state index in [2.05, 4.69) is 5.32 Å². The maximum atomic E-state index is 14.2. The summed E-state index contributed by atoms with van der Waals surface area (Å²) >= 11 is 0. The van der Waals surface area contributed by atoms with Gasteiger partial charge in [0, 0.05) is 19.5 Å². The molecule has 4 aromatic rings. The molecule has 10 heteroatoms. The molecular weight excluding hydrogens is 593 g/mol. The fourth-order valence-electron chi connectivity index (χ4n) is 4.68. The van der Waals surface area contributed by atoms with E-state index in [0.717, 1.165) is 16.1 Å². The first kappa shape index (κ1) is 33.2. The summed E-state index contributed by atoms with van der Waals surface area (Å²) < 4.78 is 46.7. The summed E-state index contributed by atoms with van der Waals surface area (Å²) in [5.41, 5.74) is 1.68. The number of halogens is 1. The number of para-hydroxylation sites is 1. The molecule has 1 atom stereocenters. The van der Waals surface area contributed by atoms with Crippen molar-refractivity contribution in [3.05, 3.63) is 126 Å². The van der Waals surface area contributed by atoms with Crippen LogP contribution in [-0.2, 0) is 32.6 Å². The normalized spacial score (nSPS) is 11.9. The highest BCUT2D eigenvalue weighted by Gasteiger charge is 2.33. The Labute approximate surface area is 264 Å². The average molecular weight is 632 g/mol. The van der Waals surface area contributed by atoms with Gasteiger partial charge in [-0.25, -0.2) is 12.8 Å². The number of carbonyl (C=O) groups is 2. The van der Waals surface area contributed by atoms with Gasteiger partial charge >= 0.3 is 0 Å². The topological polar surface area (TPSA) is 96.0 Å². The van der Waals surface area contributed by atoms with E-state index < -0.39 is 34.3 Å². The number of sulfonamides is 1. The number of hydrogen-bond acceptors (Lipinski definition) is 5. The van der Waals surface area contributed by atoms with Crippen molar-refractivity contribution in [2.24, 2.45) is 5.92 Å². The predicted molar refractivity (Wildman–Crippen MR) is 174 cm³/mol. The highest BCUT2D eigenvalue weighted by atomic mass is 32.2. The molecule has 8 nitrogen and oxygen atoms in total. The summed E-state index contributed by atoms with van der Waals surface area (Å²) in [6.45, 7) is 3.74. The molecule has 0 radical (unpaired) electrons. The minimum atomic E-state index is -3.93. The molecule has 0 aliphatic heterocycles. The van der Waals surface area contributed by atoms with E-state index in [4.69, 9.17) is 4.74 Å². The molecule has 0 fully saturated rings. The van der Waals surface area contributed by atoms with Gasteiger partial charge in [0.15, 0.2) is 0 Å². The maximum absolute atomic E-state index is 14.2. The van der Waals surface area contributed by atoms with Crippen LogP contribution >= 0.6 is 0 Å². The Morgan fingerprint density at radius 1 is 0.800 bits per heavy atom. The molecule has 0 unspecified atom stereocenters. The third-order valence-corrected chi connectivity index (χ3v) is 8.15. The predicted octanol–water partition coefficient (Wildman–Crippen LogP) is 5.80. The monoisotopic (exact) mass is 631 g/mol. The molecule has 0 spiro atoms. The van der Waals surface area contributed by atoms with Gasteiger partial charge in [-0.2, -0.15) is 0 Å². The van der Waals surface area contributed by atoms with Crippen LogP contribution in [0.2, 0.25) is 0 Å². The minimum absolute atomic E-state index is 0.0346. The van der Waals surface area contributed by atoms with Gasteiger partial charge in [-0.3, -0.25) is 13.9 Å². The van der Waals surface area contributed by atoms with Gasteiger partial charge in [0.2, 0.25) is 21.8 Å². The van der Waals surface area contributed by atoms with Crippen LogP contribution in [0.15, 0.2) is 109 Å². The van der Waals surface area contributed by atoms with Crippen LogP contribution in [0.25, 0.3) is 0 Å². The molecule has 0 saturated carbocycles. The highest BCUT2D eigenvalue weighted by Crippen LogP contribution is 2.26. The Kier molecular flexibility index (Phi) is 11.3. The first-order chi connectivity index (χ1) is 21.5. The maximum Gasteiger partial charge on any atom is 0.244 e. The second-order valence-corrected chi connectivity index (χ2v) is 13.1. The molecular formula is C35H38FN3O5S. The van der Waals surface area contributed by atoms with Crippen LogP contribution in [0.3, 0.4) is 0 Å². The van der Waals surface area contributed by atoms with Crippen LogP contribution in [0.4, 0.5) is 10.1 Å². The molecule has 4 aromatic carbocycles. The third kappa shape index (κ3) is 9.90. The zero-order valence-electron chi connectivity index (χ0n) is 25.6. The van der Waals surface area contributed by atoms with Crippen molar-refractivity contribution in [1.82, 2.24) is 10.2 Å². The largest absolute Gasteiger partial charge is 0.457 e. The lowest BCUT2D eigenvalue weighted by atomic mass is 10.0. The van der Waals surface area contributed by atoms with E-state index in [1.54, 1.807) is 48.5 Å². The zero-order chi connectivity index (χ0) is 32.4. The first-order valence-corrected chi connectivity index (χ1v) is 16.5. The Morgan fingerprint density at radius 2 is 1.38 bits per heavy atom. The Bertz CT molecular complexity index is 1650.